The molecule has 1 atom stereocenters. The Hall–Kier alpha value is 0.150. The van der Waals surface area contributed by atoms with Crippen molar-refractivity contribution >= 4 is 85.3 Å². The van der Waals surface area contributed by atoms with Gasteiger partial charge in [-0.15, -0.1) is 0 Å². The van der Waals surface area contributed by atoms with Gasteiger partial charge in [0, 0.05) is 10.5 Å². The Morgan fingerprint density at radius 3 is 2.45 bits per heavy atom. The quantitative estimate of drug-likeness (QED) is 0.431. The third-order valence-corrected chi connectivity index (χ3v) is 5.47. The third-order valence-electron chi connectivity index (χ3n) is 2.78. The summed E-state index contributed by atoms with van der Waals surface area (Å²) in [6.07, 6.45) is 1.27. The van der Waals surface area contributed by atoms with Crippen LogP contribution in [0.25, 0.3) is 0 Å². The Kier molecular flexibility index (Phi) is 8.67. The number of aliphatic carboxylic acids is 1. The molecule has 0 aliphatic heterocycles. The highest BCUT2D eigenvalue weighted by atomic mass is 127. The molecule has 0 heterocycles. The van der Waals surface area contributed by atoms with Crippen LogP contribution < -0.4 is 10.1 Å². The second-order valence-electron chi connectivity index (χ2n) is 4.63. The van der Waals surface area contributed by atoms with Gasteiger partial charge in [0.25, 0.3) is 0 Å². The van der Waals surface area contributed by atoms with Gasteiger partial charge in [0.2, 0.25) is 5.91 Å². The molecule has 0 aliphatic carbocycles. The van der Waals surface area contributed by atoms with Crippen molar-refractivity contribution in [1.82, 2.24) is 0 Å². The van der Waals surface area contributed by atoms with Gasteiger partial charge < -0.3 is 15.2 Å². The van der Waals surface area contributed by atoms with E-state index in [2.05, 4.69) is 73.1 Å². The van der Waals surface area contributed by atoms with Gasteiger partial charge in [-0.1, -0.05) is 13.3 Å². The van der Waals surface area contributed by atoms with Crippen LogP contribution in [0.3, 0.4) is 0 Å². The molecule has 1 aromatic carbocycles. The summed E-state index contributed by atoms with van der Waals surface area (Å²) in [5, 5.41) is 12.1. The third kappa shape index (κ3) is 5.65. The summed E-state index contributed by atoms with van der Waals surface area (Å²) in [5.74, 6) is -0.641. The van der Waals surface area contributed by atoms with E-state index in [1.807, 2.05) is 13.0 Å². The molecule has 0 aliphatic rings. The van der Waals surface area contributed by atoms with E-state index < -0.39 is 12.1 Å². The van der Waals surface area contributed by atoms with Crippen molar-refractivity contribution in [3.05, 3.63) is 16.8 Å². The largest absolute Gasteiger partial charge is 0.479 e. The van der Waals surface area contributed by atoms with E-state index in [9.17, 15) is 14.7 Å². The summed E-state index contributed by atoms with van der Waals surface area (Å²) in [6.45, 7) is 3.44. The van der Waals surface area contributed by atoms with Gasteiger partial charge in [0.05, 0.1) is 12.8 Å². The van der Waals surface area contributed by atoms with E-state index in [-0.39, 0.29) is 5.91 Å². The molecule has 0 fully saturated rings. The van der Waals surface area contributed by atoms with E-state index >= 15 is 0 Å². The van der Waals surface area contributed by atoms with Gasteiger partial charge >= 0.3 is 5.97 Å². The molecule has 0 saturated carbocycles. The molecule has 122 valence electrons. The number of carboxylic acids is 1. The van der Waals surface area contributed by atoms with Gasteiger partial charge in [-0.2, -0.15) is 0 Å². The Labute approximate surface area is 170 Å². The summed E-state index contributed by atoms with van der Waals surface area (Å²) < 4.78 is 8.17. The minimum atomic E-state index is -0.973. The Bertz CT molecular complexity index is 578. The minimum Gasteiger partial charge on any atom is -0.479 e. The van der Waals surface area contributed by atoms with E-state index in [0.29, 0.717) is 21.4 Å². The molecule has 1 rings (SSSR count). The second kappa shape index (κ2) is 9.45. The maximum atomic E-state index is 11.4. The van der Waals surface area contributed by atoms with Crippen LogP contribution in [-0.2, 0) is 9.59 Å². The molecular formula is C14H16I3NO4. The molecule has 8 heteroatoms. The lowest BCUT2D eigenvalue weighted by Gasteiger charge is -2.19. The fourth-order valence-corrected chi connectivity index (χ4v) is 5.63. The number of hydrogen-bond acceptors (Lipinski definition) is 3. The predicted molar refractivity (Wildman–Crippen MR) is 110 cm³/mol. The number of carbonyl (C=O) groups is 2. The molecule has 2 N–H and O–H groups in total. The van der Waals surface area contributed by atoms with Crippen molar-refractivity contribution in [1.29, 1.82) is 0 Å². The lowest BCUT2D eigenvalue weighted by molar-refractivity contribution is -0.145. The van der Waals surface area contributed by atoms with Gasteiger partial charge in [-0.05, 0) is 86.7 Å². The number of benzene rings is 1. The Morgan fingerprint density at radius 1 is 1.32 bits per heavy atom. The van der Waals surface area contributed by atoms with Crippen LogP contribution in [0.15, 0.2) is 6.07 Å². The van der Waals surface area contributed by atoms with Crippen molar-refractivity contribution in [2.75, 3.05) is 5.32 Å². The summed E-state index contributed by atoms with van der Waals surface area (Å²) in [7, 11) is 0. The predicted octanol–water partition coefficient (Wildman–Crippen LogP) is 4.48. The molecule has 0 spiro atoms. The van der Waals surface area contributed by atoms with Crippen molar-refractivity contribution < 1.29 is 19.4 Å². The highest BCUT2D eigenvalue weighted by Gasteiger charge is 2.23. The van der Waals surface area contributed by atoms with Crippen LogP contribution in [0.4, 0.5) is 5.69 Å². The van der Waals surface area contributed by atoms with E-state index in [4.69, 9.17) is 4.74 Å². The normalized spacial score (nSPS) is 11.9. The molecule has 0 aromatic heterocycles. The van der Waals surface area contributed by atoms with Crippen LogP contribution in [0, 0.1) is 10.7 Å². The van der Waals surface area contributed by atoms with Crippen molar-refractivity contribution in [2.24, 2.45) is 0 Å². The van der Waals surface area contributed by atoms with Crippen LogP contribution in [0.1, 0.15) is 33.1 Å². The van der Waals surface area contributed by atoms with Gasteiger partial charge in [-0.3, -0.25) is 4.79 Å². The molecule has 1 amide bonds. The topological polar surface area (TPSA) is 75.6 Å². The Morgan fingerprint density at radius 2 is 1.95 bits per heavy atom. The van der Waals surface area contributed by atoms with Gasteiger partial charge in [0.15, 0.2) is 6.10 Å². The number of anilines is 1. The molecule has 1 unspecified atom stereocenters. The fraction of sp³-hybridized carbons (Fsp3) is 0.429. The monoisotopic (exact) mass is 643 g/mol. The van der Waals surface area contributed by atoms with Crippen LogP contribution in [0.2, 0.25) is 0 Å². The number of nitrogens with one attached hydrogen (secondary N) is 1. The highest BCUT2D eigenvalue weighted by molar-refractivity contribution is 14.1. The standard InChI is InChI=1S/C14H16I3NO4/c1-3-4-5-10(14(20)21)22-13-9(16)6-8(15)12(11(13)17)18-7(2)19/h6,10H,3-5H2,1-2H3,(H,18,19)(H,20,21). The number of hydrogen-bond donors (Lipinski definition) is 2. The lowest BCUT2D eigenvalue weighted by Crippen LogP contribution is -2.27. The molecule has 0 radical (unpaired) electrons. The van der Waals surface area contributed by atoms with Crippen molar-refractivity contribution in [3.63, 3.8) is 0 Å². The molecule has 1 aromatic rings. The SMILES string of the molecule is CCCCC(Oc1c(I)cc(I)c(NC(C)=O)c1I)C(=O)O. The van der Waals surface area contributed by atoms with Gasteiger partial charge in [0.1, 0.15) is 5.75 Å². The number of carbonyl (C=O) groups excluding carboxylic acids is 1. The first-order valence-corrected chi connectivity index (χ1v) is 9.86. The van der Waals surface area contributed by atoms with E-state index in [0.717, 1.165) is 20.0 Å². The summed E-state index contributed by atoms with van der Waals surface area (Å²) >= 11 is 6.33. The first-order chi connectivity index (χ1) is 10.3. The van der Waals surface area contributed by atoms with E-state index in [1.165, 1.54) is 6.92 Å². The molecule has 22 heavy (non-hydrogen) atoms. The average Bonchev–Trinajstić information content (AvgIpc) is 2.42. The van der Waals surface area contributed by atoms with Crippen LogP contribution in [-0.4, -0.2) is 23.1 Å². The van der Waals surface area contributed by atoms with E-state index in [1.54, 1.807) is 0 Å². The molecule has 5 nitrogen and oxygen atoms in total. The summed E-state index contributed by atoms with van der Waals surface area (Å²) in [6, 6.07) is 1.86. The first kappa shape index (κ1) is 20.2. The number of halogens is 3. The second-order valence-corrected chi connectivity index (χ2v) is 8.03. The first-order valence-electron chi connectivity index (χ1n) is 6.62. The highest BCUT2D eigenvalue weighted by Crippen LogP contribution is 2.37. The number of amides is 1. The summed E-state index contributed by atoms with van der Waals surface area (Å²) in [4.78, 5) is 22.7. The molecular weight excluding hydrogens is 627 g/mol. The number of ether oxygens (including phenoxy) is 1. The van der Waals surface area contributed by atoms with Gasteiger partial charge in [-0.25, -0.2) is 4.79 Å². The zero-order valence-electron chi connectivity index (χ0n) is 12.1. The van der Waals surface area contributed by atoms with Crippen LogP contribution >= 0.6 is 67.8 Å². The summed E-state index contributed by atoms with van der Waals surface area (Å²) in [5.41, 5.74) is 0.656. The number of unbranched alkanes of at least 4 members (excludes halogenated alkanes) is 1. The molecule has 0 saturated heterocycles. The zero-order valence-corrected chi connectivity index (χ0v) is 18.6. The fourth-order valence-electron chi connectivity index (χ4n) is 1.74. The lowest BCUT2D eigenvalue weighted by atomic mass is 10.1. The zero-order chi connectivity index (χ0) is 16.9. The van der Waals surface area contributed by atoms with Crippen molar-refractivity contribution in [3.8, 4) is 5.75 Å². The maximum absolute atomic E-state index is 11.4. The van der Waals surface area contributed by atoms with Crippen molar-refractivity contribution in [2.45, 2.75) is 39.2 Å². The average molecular weight is 643 g/mol. The maximum Gasteiger partial charge on any atom is 0.344 e. The van der Waals surface area contributed by atoms with Crippen LogP contribution in [0.5, 0.6) is 5.75 Å². The number of carboxylic acid groups (broad SMARTS) is 1. The number of rotatable bonds is 7. The minimum absolute atomic E-state index is 0.177. The smallest absolute Gasteiger partial charge is 0.344 e. The molecule has 0 bridgehead atoms. The Balaban J connectivity index is 3.17.